The van der Waals surface area contributed by atoms with Crippen LogP contribution in [0.2, 0.25) is 0 Å². The standard InChI is InChI=1S/C20H27N5O/c1-13-4-3-7-23(11-13)12-20(26)24-15-5-6-17(24)16-10-21-19-8-14(2)22-25(19)18(16)9-15/h8,10,13,15,17H,3-7,9,11-12H2,1-2H3/t13-,15-,17-/m1/s1. The molecule has 3 aliphatic rings. The number of piperidine rings is 1. The van der Waals surface area contributed by atoms with E-state index in [0.29, 0.717) is 24.4 Å². The summed E-state index contributed by atoms with van der Waals surface area (Å²) >= 11 is 0. The van der Waals surface area contributed by atoms with Crippen LogP contribution < -0.4 is 0 Å². The molecule has 2 aromatic rings. The van der Waals surface area contributed by atoms with Gasteiger partial charge < -0.3 is 4.90 Å². The molecule has 0 aliphatic carbocycles. The normalized spacial score (nSPS) is 28.5. The molecule has 0 aromatic carbocycles. The molecule has 138 valence electrons. The summed E-state index contributed by atoms with van der Waals surface area (Å²) in [6.45, 7) is 6.99. The zero-order valence-electron chi connectivity index (χ0n) is 15.7. The van der Waals surface area contributed by atoms with E-state index in [4.69, 9.17) is 0 Å². The number of carbonyl (C=O) groups is 1. The summed E-state index contributed by atoms with van der Waals surface area (Å²) in [6, 6.07) is 2.52. The molecule has 2 saturated heterocycles. The van der Waals surface area contributed by atoms with Gasteiger partial charge in [0.25, 0.3) is 0 Å². The number of hydrogen-bond donors (Lipinski definition) is 0. The molecule has 0 saturated carbocycles. The Morgan fingerprint density at radius 2 is 2.19 bits per heavy atom. The van der Waals surface area contributed by atoms with Gasteiger partial charge in [0.2, 0.25) is 5.91 Å². The van der Waals surface area contributed by atoms with Gasteiger partial charge in [-0.15, -0.1) is 0 Å². The van der Waals surface area contributed by atoms with E-state index in [9.17, 15) is 4.79 Å². The van der Waals surface area contributed by atoms with Gasteiger partial charge in [-0.2, -0.15) is 5.10 Å². The van der Waals surface area contributed by atoms with Crippen LogP contribution in [0.15, 0.2) is 12.3 Å². The minimum atomic E-state index is 0.180. The molecule has 26 heavy (non-hydrogen) atoms. The van der Waals surface area contributed by atoms with Crippen LogP contribution in [0.4, 0.5) is 0 Å². The summed E-state index contributed by atoms with van der Waals surface area (Å²) in [6.07, 6.45) is 7.52. The fraction of sp³-hybridized carbons (Fsp3) is 0.650. The van der Waals surface area contributed by atoms with Crippen molar-refractivity contribution in [2.24, 2.45) is 5.92 Å². The molecule has 6 heteroatoms. The van der Waals surface area contributed by atoms with Gasteiger partial charge >= 0.3 is 0 Å². The Bertz CT molecular complexity index is 859. The third-order valence-electron chi connectivity index (χ3n) is 6.42. The zero-order valence-corrected chi connectivity index (χ0v) is 15.7. The first-order valence-electron chi connectivity index (χ1n) is 9.98. The first kappa shape index (κ1) is 16.2. The molecular weight excluding hydrogens is 326 g/mol. The molecule has 5 heterocycles. The molecule has 0 radical (unpaired) electrons. The van der Waals surface area contributed by atoms with E-state index in [0.717, 1.165) is 43.7 Å². The average Bonchev–Trinajstić information content (AvgIpc) is 3.14. The Morgan fingerprint density at radius 1 is 1.31 bits per heavy atom. The van der Waals surface area contributed by atoms with Crippen LogP contribution in [-0.2, 0) is 11.2 Å². The average molecular weight is 353 g/mol. The minimum Gasteiger partial charge on any atom is -0.331 e. The summed E-state index contributed by atoms with van der Waals surface area (Å²) in [5.74, 6) is 1.00. The maximum Gasteiger partial charge on any atom is 0.237 e. The van der Waals surface area contributed by atoms with Crippen LogP contribution in [0.1, 0.15) is 55.6 Å². The van der Waals surface area contributed by atoms with Crippen molar-refractivity contribution in [2.75, 3.05) is 19.6 Å². The summed E-state index contributed by atoms with van der Waals surface area (Å²) in [4.78, 5) is 22.3. The molecule has 0 spiro atoms. The molecule has 3 aliphatic heterocycles. The SMILES string of the molecule is Cc1cc2ncc3c(n2n1)C[C@H]1CC[C@H]3N1C(=O)CN1CCC[C@@H](C)C1. The van der Waals surface area contributed by atoms with Crippen molar-refractivity contribution in [3.8, 4) is 0 Å². The topological polar surface area (TPSA) is 53.7 Å². The lowest BCUT2D eigenvalue weighted by atomic mass is 9.98. The molecular formula is C20H27N5O. The maximum atomic E-state index is 13.2. The second-order valence-electron chi connectivity index (χ2n) is 8.45. The van der Waals surface area contributed by atoms with E-state index in [1.54, 1.807) is 0 Å². The van der Waals surface area contributed by atoms with Gasteiger partial charge in [0.05, 0.1) is 24.0 Å². The molecule has 3 atom stereocenters. The third kappa shape index (κ3) is 2.54. The van der Waals surface area contributed by atoms with Crippen LogP contribution in [0.25, 0.3) is 5.65 Å². The predicted molar refractivity (Wildman–Crippen MR) is 98.9 cm³/mol. The number of aromatic nitrogens is 3. The van der Waals surface area contributed by atoms with Crippen molar-refractivity contribution < 1.29 is 4.79 Å². The van der Waals surface area contributed by atoms with Crippen molar-refractivity contribution in [3.63, 3.8) is 0 Å². The van der Waals surface area contributed by atoms with Crippen LogP contribution in [-0.4, -0.2) is 56.0 Å². The van der Waals surface area contributed by atoms with E-state index in [1.807, 2.05) is 23.7 Å². The van der Waals surface area contributed by atoms with Gasteiger partial charge in [-0.25, -0.2) is 9.50 Å². The highest BCUT2D eigenvalue weighted by atomic mass is 16.2. The lowest BCUT2D eigenvalue weighted by Gasteiger charge is -2.38. The highest BCUT2D eigenvalue weighted by Crippen LogP contribution is 2.43. The van der Waals surface area contributed by atoms with Crippen LogP contribution in [0.5, 0.6) is 0 Å². The van der Waals surface area contributed by atoms with E-state index < -0.39 is 0 Å². The van der Waals surface area contributed by atoms with Crippen molar-refractivity contribution in [3.05, 3.63) is 29.2 Å². The second-order valence-corrected chi connectivity index (χ2v) is 8.45. The quantitative estimate of drug-likeness (QED) is 0.832. The van der Waals surface area contributed by atoms with Gasteiger partial charge in [-0.05, 0) is 45.1 Å². The highest BCUT2D eigenvalue weighted by Gasteiger charge is 2.44. The number of fused-ring (bicyclic) bond motifs is 6. The molecule has 0 N–H and O–H groups in total. The van der Waals surface area contributed by atoms with Crippen LogP contribution >= 0.6 is 0 Å². The zero-order chi connectivity index (χ0) is 17.8. The van der Waals surface area contributed by atoms with E-state index >= 15 is 0 Å². The molecule has 2 aromatic heterocycles. The molecule has 1 amide bonds. The van der Waals surface area contributed by atoms with Gasteiger partial charge in [0, 0.05) is 36.8 Å². The number of hydrogen-bond acceptors (Lipinski definition) is 4. The number of aryl methyl sites for hydroxylation is 1. The molecule has 2 bridgehead atoms. The maximum absolute atomic E-state index is 13.2. The van der Waals surface area contributed by atoms with Crippen LogP contribution in [0, 0.1) is 12.8 Å². The Balaban J connectivity index is 1.42. The molecule has 6 nitrogen and oxygen atoms in total. The lowest BCUT2D eigenvalue weighted by molar-refractivity contribution is -0.136. The first-order chi connectivity index (χ1) is 12.6. The number of likely N-dealkylation sites (tertiary alicyclic amines) is 1. The number of nitrogens with zero attached hydrogens (tertiary/aromatic N) is 5. The summed E-state index contributed by atoms with van der Waals surface area (Å²) in [7, 11) is 0. The number of amides is 1. The Kier molecular flexibility index (Phi) is 3.78. The monoisotopic (exact) mass is 353 g/mol. The van der Waals surface area contributed by atoms with Crippen LogP contribution in [0.3, 0.4) is 0 Å². The molecule has 0 unspecified atom stereocenters. The van der Waals surface area contributed by atoms with Crippen molar-refractivity contribution in [1.29, 1.82) is 0 Å². The van der Waals surface area contributed by atoms with Gasteiger partial charge in [-0.1, -0.05) is 6.92 Å². The Hall–Kier alpha value is -1.95. The summed E-state index contributed by atoms with van der Waals surface area (Å²) in [5, 5.41) is 4.64. The number of carbonyl (C=O) groups excluding carboxylic acids is 1. The summed E-state index contributed by atoms with van der Waals surface area (Å²) < 4.78 is 2.00. The van der Waals surface area contributed by atoms with E-state index in [-0.39, 0.29) is 6.04 Å². The minimum absolute atomic E-state index is 0.180. The summed E-state index contributed by atoms with van der Waals surface area (Å²) in [5.41, 5.74) is 4.37. The van der Waals surface area contributed by atoms with E-state index in [1.165, 1.54) is 24.1 Å². The highest BCUT2D eigenvalue weighted by molar-refractivity contribution is 5.80. The molecule has 2 fully saturated rings. The number of rotatable bonds is 2. The largest absolute Gasteiger partial charge is 0.331 e. The fourth-order valence-electron chi connectivity index (χ4n) is 5.28. The Morgan fingerprint density at radius 3 is 3.04 bits per heavy atom. The van der Waals surface area contributed by atoms with Crippen molar-refractivity contribution in [1.82, 2.24) is 24.4 Å². The predicted octanol–water partition coefficient (Wildman–Crippen LogP) is 2.36. The Labute approximate surface area is 154 Å². The molecule has 5 rings (SSSR count). The smallest absolute Gasteiger partial charge is 0.237 e. The first-order valence-corrected chi connectivity index (χ1v) is 9.98. The fourth-order valence-corrected chi connectivity index (χ4v) is 5.28. The van der Waals surface area contributed by atoms with Gasteiger partial charge in [-0.3, -0.25) is 9.69 Å². The van der Waals surface area contributed by atoms with Gasteiger partial charge in [0.15, 0.2) is 5.65 Å². The van der Waals surface area contributed by atoms with Crippen molar-refractivity contribution in [2.45, 2.75) is 58.0 Å². The van der Waals surface area contributed by atoms with Crippen molar-refractivity contribution >= 4 is 11.6 Å². The second kappa shape index (κ2) is 6.05. The third-order valence-corrected chi connectivity index (χ3v) is 6.42. The van der Waals surface area contributed by atoms with E-state index in [2.05, 4.69) is 26.8 Å². The van der Waals surface area contributed by atoms with Gasteiger partial charge in [0.1, 0.15) is 0 Å². The lowest BCUT2D eigenvalue weighted by Crippen LogP contribution is -2.48.